The Morgan fingerprint density at radius 3 is 2.27 bits per heavy atom. The van der Waals surface area contributed by atoms with E-state index in [9.17, 15) is 4.79 Å². The molecule has 0 atom stereocenters. The quantitative estimate of drug-likeness (QED) is 0.546. The highest BCUT2D eigenvalue weighted by atomic mass is 16.6. The van der Waals surface area contributed by atoms with Crippen LogP contribution in [0.4, 0.5) is 0 Å². The molecule has 0 saturated heterocycles. The van der Waals surface area contributed by atoms with Crippen molar-refractivity contribution in [3.05, 3.63) is 52.7 Å². The first-order valence-electron chi connectivity index (χ1n) is 9.59. The van der Waals surface area contributed by atoms with Gasteiger partial charge < -0.3 is 19.7 Å². The number of likely N-dealkylation sites (N-methyl/N-ethyl adjacent to an activating group) is 1. The Morgan fingerprint density at radius 2 is 1.67 bits per heavy atom. The fraction of sp³-hybridized carbons (Fsp3) is 0.364. The van der Waals surface area contributed by atoms with E-state index in [0.29, 0.717) is 28.6 Å². The molecule has 2 rings (SSSR count). The molecule has 0 fully saturated rings. The first-order valence-corrected chi connectivity index (χ1v) is 9.59. The number of carbonyl (C=O) groups excluding carboxylic acids is 1. The summed E-state index contributed by atoms with van der Waals surface area (Å²) < 4.78 is 6.06. The van der Waals surface area contributed by atoms with Gasteiger partial charge in [-0.15, -0.1) is 0 Å². The van der Waals surface area contributed by atoms with E-state index in [1.54, 1.807) is 31.2 Å². The maximum atomic E-state index is 12.2. The van der Waals surface area contributed by atoms with Gasteiger partial charge >= 0.3 is 0 Å². The fourth-order valence-corrected chi connectivity index (χ4v) is 2.66. The number of amides is 1. The molecule has 0 aliphatic rings. The Bertz CT molecular complexity index is 923. The van der Waals surface area contributed by atoms with Gasteiger partial charge in [0.25, 0.3) is 5.91 Å². The largest absolute Gasteiger partial charge is 0.438 e. The van der Waals surface area contributed by atoms with Gasteiger partial charge in [0.05, 0.1) is 11.3 Å². The Hall–Kier alpha value is -3.42. The SMILES string of the molecule is CC.CNC(=O)/C(=N/OC)c1ccccc1Oc1nc(/C(C)=N\OC)c(C)cc1C. The number of oxime groups is 2. The fourth-order valence-electron chi connectivity index (χ4n) is 2.66. The minimum Gasteiger partial charge on any atom is -0.438 e. The number of aromatic nitrogens is 1. The number of hydrogen-bond donors (Lipinski definition) is 1. The third-order valence-corrected chi connectivity index (χ3v) is 3.90. The number of pyridine rings is 1. The summed E-state index contributed by atoms with van der Waals surface area (Å²) in [4.78, 5) is 26.5. The van der Waals surface area contributed by atoms with Crippen molar-refractivity contribution in [2.24, 2.45) is 10.3 Å². The molecule has 162 valence electrons. The van der Waals surface area contributed by atoms with Crippen LogP contribution < -0.4 is 10.1 Å². The molecule has 1 aromatic carbocycles. The van der Waals surface area contributed by atoms with E-state index in [4.69, 9.17) is 14.4 Å². The third kappa shape index (κ3) is 6.04. The summed E-state index contributed by atoms with van der Waals surface area (Å²) >= 11 is 0. The Morgan fingerprint density at radius 1 is 1.03 bits per heavy atom. The number of aryl methyl sites for hydroxylation is 2. The molecule has 1 amide bonds. The molecular weight excluding hydrogens is 384 g/mol. The van der Waals surface area contributed by atoms with E-state index < -0.39 is 5.91 Å². The first-order chi connectivity index (χ1) is 14.4. The van der Waals surface area contributed by atoms with Crippen LogP contribution in [0.5, 0.6) is 11.6 Å². The zero-order valence-corrected chi connectivity index (χ0v) is 18.9. The van der Waals surface area contributed by atoms with E-state index in [1.165, 1.54) is 21.3 Å². The second-order valence-corrected chi connectivity index (χ2v) is 5.94. The number of benzene rings is 1. The van der Waals surface area contributed by atoms with Crippen molar-refractivity contribution in [3.8, 4) is 11.6 Å². The van der Waals surface area contributed by atoms with Crippen LogP contribution >= 0.6 is 0 Å². The maximum absolute atomic E-state index is 12.2. The lowest BCUT2D eigenvalue weighted by atomic mass is 10.1. The highest BCUT2D eigenvalue weighted by molar-refractivity contribution is 6.45. The van der Waals surface area contributed by atoms with Crippen LogP contribution in [0.25, 0.3) is 0 Å². The molecule has 0 aliphatic heterocycles. The highest BCUT2D eigenvalue weighted by Gasteiger charge is 2.20. The second kappa shape index (κ2) is 12.2. The lowest BCUT2D eigenvalue weighted by Gasteiger charge is -2.14. The van der Waals surface area contributed by atoms with Gasteiger partial charge in [-0.1, -0.05) is 36.3 Å². The number of carbonyl (C=O) groups is 1. The molecule has 8 heteroatoms. The third-order valence-electron chi connectivity index (χ3n) is 3.90. The van der Waals surface area contributed by atoms with E-state index in [-0.39, 0.29) is 5.71 Å². The number of hydrogen-bond acceptors (Lipinski definition) is 7. The molecule has 0 bridgehead atoms. The van der Waals surface area contributed by atoms with Gasteiger partial charge in [-0.05, 0) is 44.5 Å². The van der Waals surface area contributed by atoms with Crippen molar-refractivity contribution >= 4 is 17.3 Å². The van der Waals surface area contributed by atoms with E-state index in [0.717, 1.165) is 11.1 Å². The molecule has 0 radical (unpaired) electrons. The number of para-hydroxylation sites is 1. The van der Waals surface area contributed by atoms with E-state index in [1.807, 2.05) is 33.8 Å². The molecule has 0 spiro atoms. The average molecular weight is 415 g/mol. The minimum absolute atomic E-state index is 0.0997. The van der Waals surface area contributed by atoms with Gasteiger partial charge in [0, 0.05) is 12.6 Å². The molecule has 1 aromatic heterocycles. The summed E-state index contributed by atoms with van der Waals surface area (Å²) in [5, 5.41) is 10.3. The second-order valence-electron chi connectivity index (χ2n) is 5.94. The lowest BCUT2D eigenvalue weighted by molar-refractivity contribution is -0.114. The highest BCUT2D eigenvalue weighted by Crippen LogP contribution is 2.28. The molecule has 0 saturated carbocycles. The Kier molecular flexibility index (Phi) is 10.0. The monoisotopic (exact) mass is 414 g/mol. The summed E-state index contributed by atoms with van der Waals surface area (Å²) in [6.07, 6.45) is 0. The van der Waals surface area contributed by atoms with Crippen LogP contribution in [0.15, 0.2) is 40.6 Å². The van der Waals surface area contributed by atoms with Gasteiger partial charge in [0.2, 0.25) is 5.88 Å². The molecular formula is C22H30N4O4. The van der Waals surface area contributed by atoms with Crippen LogP contribution in [-0.4, -0.2) is 43.6 Å². The van der Waals surface area contributed by atoms with Crippen LogP contribution in [0, 0.1) is 13.8 Å². The topological polar surface area (TPSA) is 94.4 Å². The van der Waals surface area contributed by atoms with Crippen molar-refractivity contribution in [1.29, 1.82) is 0 Å². The summed E-state index contributed by atoms with van der Waals surface area (Å²) in [6, 6.07) is 9.00. The van der Waals surface area contributed by atoms with Crippen LogP contribution in [0.2, 0.25) is 0 Å². The van der Waals surface area contributed by atoms with Crippen LogP contribution in [-0.2, 0) is 14.5 Å². The molecule has 8 nitrogen and oxygen atoms in total. The summed E-state index contributed by atoms with van der Waals surface area (Å²) in [5.41, 5.74) is 3.66. The predicted molar refractivity (Wildman–Crippen MR) is 118 cm³/mol. The summed E-state index contributed by atoms with van der Waals surface area (Å²) in [5.74, 6) is 0.427. The van der Waals surface area contributed by atoms with Gasteiger partial charge in [0.1, 0.15) is 25.7 Å². The molecule has 1 N–H and O–H groups in total. The van der Waals surface area contributed by atoms with E-state index in [2.05, 4.69) is 20.6 Å². The average Bonchev–Trinajstić information content (AvgIpc) is 2.75. The van der Waals surface area contributed by atoms with Gasteiger partial charge in [-0.3, -0.25) is 4.79 Å². The standard InChI is InChI=1S/C20H24N4O4.C2H6/c1-12-11-13(2)20(22-17(12)14(3)23-26-5)28-16-10-8-7-9-15(16)18(24-27-6)19(25)21-4;1-2/h7-11H,1-6H3,(H,21,25);1-2H3/b23-14-,24-18+;. The summed E-state index contributed by atoms with van der Waals surface area (Å²) in [7, 11) is 4.38. The Labute approximate surface area is 177 Å². The number of nitrogens with one attached hydrogen (secondary N) is 1. The predicted octanol–water partition coefficient (Wildman–Crippen LogP) is 3.98. The zero-order chi connectivity index (χ0) is 22.7. The minimum atomic E-state index is -0.393. The van der Waals surface area contributed by atoms with Crippen molar-refractivity contribution in [2.75, 3.05) is 21.3 Å². The first kappa shape index (κ1) is 24.6. The molecule has 2 aromatic rings. The molecule has 1 heterocycles. The number of nitrogens with zero attached hydrogens (tertiary/aromatic N) is 3. The van der Waals surface area contributed by atoms with Gasteiger partial charge in [-0.25, -0.2) is 4.98 Å². The normalized spacial score (nSPS) is 11.2. The van der Waals surface area contributed by atoms with Crippen LogP contribution in [0.1, 0.15) is 43.2 Å². The maximum Gasteiger partial charge on any atom is 0.273 e. The van der Waals surface area contributed by atoms with Crippen molar-refractivity contribution in [2.45, 2.75) is 34.6 Å². The van der Waals surface area contributed by atoms with Crippen molar-refractivity contribution in [1.82, 2.24) is 10.3 Å². The van der Waals surface area contributed by atoms with Gasteiger partial charge in [0.15, 0.2) is 5.71 Å². The Balaban J connectivity index is 0.00000218. The summed E-state index contributed by atoms with van der Waals surface area (Å²) in [6.45, 7) is 9.64. The molecule has 0 unspecified atom stereocenters. The molecule has 30 heavy (non-hydrogen) atoms. The number of rotatable bonds is 7. The lowest BCUT2D eigenvalue weighted by Crippen LogP contribution is -2.28. The van der Waals surface area contributed by atoms with E-state index >= 15 is 0 Å². The molecule has 0 aliphatic carbocycles. The zero-order valence-electron chi connectivity index (χ0n) is 18.9. The van der Waals surface area contributed by atoms with Crippen molar-refractivity contribution < 1.29 is 19.2 Å². The number of ether oxygens (including phenoxy) is 1. The van der Waals surface area contributed by atoms with Crippen LogP contribution in [0.3, 0.4) is 0 Å². The van der Waals surface area contributed by atoms with Gasteiger partial charge in [-0.2, -0.15) is 0 Å². The van der Waals surface area contributed by atoms with Crippen molar-refractivity contribution in [3.63, 3.8) is 0 Å². The smallest absolute Gasteiger partial charge is 0.273 e.